The fraction of sp³-hybridized carbons (Fsp3) is 0.286. The molecule has 7 aliphatic rings. The van der Waals surface area contributed by atoms with Gasteiger partial charge in [0.25, 0.3) is 0 Å². The lowest BCUT2D eigenvalue weighted by molar-refractivity contribution is 0.115. The topological polar surface area (TPSA) is 44.4 Å². The molecule has 0 N–H and O–H groups in total. The first-order valence-electron chi connectivity index (χ1n) is 30.5. The molecular weight excluding hydrogens is 1180 g/mol. The van der Waals surface area contributed by atoms with Gasteiger partial charge in [0.05, 0.1) is 61.1 Å². The SMILES string of the molecule is S=C1N2CC(CCCCOCc3ccccc3)CN3C(=S)N4Cc5ccc6ccc7c(ccc8ccc5c6c87)CN5C(=S)N6CC(CCCCOCc7ccccc7)CN7C(=S)N(Cc8ccc9ccc%10c(ccc%11ccc8c9c%11%10)CN1S4=C23)S5=C76. The Labute approximate surface area is 528 Å². The maximum absolute atomic E-state index is 6.75. The first-order chi connectivity index (χ1) is 42.3. The molecule has 0 aliphatic carbocycles. The second kappa shape index (κ2) is 21.6. The van der Waals surface area contributed by atoms with Crippen molar-refractivity contribution in [2.45, 2.75) is 77.9 Å². The van der Waals surface area contributed by atoms with Crippen LogP contribution in [-0.2, 0) is 48.9 Å². The summed E-state index contributed by atoms with van der Waals surface area (Å²) in [5.74, 6) is 0.798. The molecule has 17 rings (SSSR count). The number of hydrogen-bond donors (Lipinski definition) is 0. The molecule has 10 aromatic rings. The molecule has 0 unspecified atom stereocenters. The van der Waals surface area contributed by atoms with E-state index in [0.717, 1.165) is 98.4 Å². The molecule has 10 aromatic carbocycles. The zero-order valence-electron chi connectivity index (χ0n) is 47.7. The minimum absolute atomic E-state index is 0.399. The van der Waals surface area contributed by atoms with Crippen LogP contribution in [0.5, 0.6) is 0 Å². The average Bonchev–Trinajstić information content (AvgIpc) is 1.46. The summed E-state index contributed by atoms with van der Waals surface area (Å²) in [5.41, 5.74) is 7.50. The summed E-state index contributed by atoms with van der Waals surface area (Å²) in [5, 5.41) is 21.4. The van der Waals surface area contributed by atoms with Gasteiger partial charge in [0.2, 0.25) is 0 Å². The van der Waals surface area contributed by atoms with Crippen molar-refractivity contribution in [2.75, 3.05) is 39.4 Å². The first-order valence-corrected chi connectivity index (χ1v) is 34.4. The molecule has 12 bridgehead atoms. The van der Waals surface area contributed by atoms with Crippen LogP contribution in [0.15, 0.2) is 158 Å². The Balaban J connectivity index is 0.749. The van der Waals surface area contributed by atoms with Crippen LogP contribution >= 0.6 is 70.6 Å². The van der Waals surface area contributed by atoms with E-state index in [1.165, 1.54) is 108 Å². The zero-order chi connectivity index (χ0) is 57.3. The Morgan fingerprint density at radius 3 is 0.942 bits per heavy atom. The van der Waals surface area contributed by atoms with E-state index in [0.29, 0.717) is 51.2 Å². The lowest BCUT2D eigenvalue weighted by Gasteiger charge is -2.40. The Morgan fingerprint density at radius 1 is 0.349 bits per heavy atom. The summed E-state index contributed by atoms with van der Waals surface area (Å²) in [4.78, 5) is 9.87. The highest BCUT2D eigenvalue weighted by atomic mass is 32.2. The molecule has 2 fully saturated rings. The van der Waals surface area contributed by atoms with Crippen molar-refractivity contribution in [3.8, 4) is 0 Å². The molecule has 16 heteroatoms. The summed E-state index contributed by atoms with van der Waals surface area (Å²) in [6, 6.07) is 58.6. The molecule has 0 aromatic heterocycles. The van der Waals surface area contributed by atoms with Crippen molar-refractivity contribution >= 4 is 166 Å². The van der Waals surface area contributed by atoms with Crippen LogP contribution in [0.3, 0.4) is 0 Å². The van der Waals surface area contributed by atoms with Crippen LogP contribution in [0, 0.1) is 11.8 Å². The monoisotopic (exact) mass is 1240 g/mol. The zero-order valence-corrected chi connectivity index (χ0v) is 52.6. The van der Waals surface area contributed by atoms with Crippen LogP contribution in [0.2, 0.25) is 0 Å². The van der Waals surface area contributed by atoms with Crippen molar-refractivity contribution in [1.29, 1.82) is 0 Å². The standard InChI is InChI=1S/C70H64N8O2S6/c81-65-71-35-47(15-7-9-33-79-43-45-11-3-1-4-12-45)36-72-66(82)76-40-54-22-18-50-28-32-60-56(24-20-52-26-30-58(54)62(50)64(52)60)42-78-68(84)74-38-48(16-8-10-34-80-44-46-13-5-2-6-14-46)37-73-67(83)77(86(78)70(73)74)41-55-23-19-51-25-29-57-53(39-75(65)85(76)69(71)72)21-17-49-27-31-59(55)63(51)61(49)57/h1-6,11-14,17-32,47-48H,7-10,15-16,33-44H2. The van der Waals surface area contributed by atoms with E-state index in [1.807, 2.05) is 0 Å². The summed E-state index contributed by atoms with van der Waals surface area (Å²) >= 11 is 27.0. The van der Waals surface area contributed by atoms with Gasteiger partial charge in [-0.2, -0.15) is 0 Å². The summed E-state index contributed by atoms with van der Waals surface area (Å²) < 4.78 is 22.4. The summed E-state index contributed by atoms with van der Waals surface area (Å²) in [7, 11) is -1.12. The quantitative estimate of drug-likeness (QED) is 0.0590. The molecule has 7 aliphatic heterocycles. The van der Waals surface area contributed by atoms with Crippen molar-refractivity contribution in [1.82, 2.24) is 36.8 Å². The fourth-order valence-electron chi connectivity index (χ4n) is 14.9. The average molecular weight is 1240 g/mol. The normalized spacial score (nSPS) is 19.8. The van der Waals surface area contributed by atoms with Gasteiger partial charge < -0.3 is 9.47 Å². The Hall–Kier alpha value is -6.60. The minimum atomic E-state index is -0.562. The van der Waals surface area contributed by atoms with E-state index in [9.17, 15) is 0 Å². The second-order valence-corrected chi connectivity index (χ2v) is 29.4. The number of rotatable bonds is 14. The molecule has 0 radical (unpaired) electrons. The van der Waals surface area contributed by atoms with E-state index in [-0.39, 0.29) is 0 Å². The lowest BCUT2D eigenvalue weighted by atomic mass is 9.90. The predicted molar refractivity (Wildman–Crippen MR) is 372 cm³/mol. The molecule has 0 amide bonds. The molecule has 0 saturated carbocycles. The number of ether oxygens (including phenoxy) is 2. The molecule has 432 valence electrons. The van der Waals surface area contributed by atoms with Crippen LogP contribution in [0.4, 0.5) is 0 Å². The van der Waals surface area contributed by atoms with Gasteiger partial charge in [0.15, 0.2) is 30.7 Å². The van der Waals surface area contributed by atoms with Gasteiger partial charge in [-0.05, 0) is 184 Å². The predicted octanol–water partition coefficient (Wildman–Crippen LogP) is 15.2. The highest BCUT2D eigenvalue weighted by Crippen LogP contribution is 2.51. The van der Waals surface area contributed by atoms with E-state index in [4.69, 9.17) is 58.3 Å². The Morgan fingerprint density at radius 2 is 0.640 bits per heavy atom. The summed E-state index contributed by atoms with van der Waals surface area (Å²) in [6.45, 7) is 9.00. The maximum atomic E-state index is 6.75. The Bertz CT molecular complexity index is 4010. The van der Waals surface area contributed by atoms with E-state index in [1.54, 1.807) is 0 Å². The van der Waals surface area contributed by atoms with E-state index >= 15 is 0 Å². The van der Waals surface area contributed by atoms with Gasteiger partial charge in [-0.25, -0.2) is 0 Å². The van der Waals surface area contributed by atoms with Crippen LogP contribution in [-0.4, -0.2) is 107 Å². The van der Waals surface area contributed by atoms with E-state index < -0.39 is 21.7 Å². The van der Waals surface area contributed by atoms with Gasteiger partial charge in [0.1, 0.15) is 0 Å². The highest BCUT2D eigenvalue weighted by Gasteiger charge is 2.52. The van der Waals surface area contributed by atoms with Crippen molar-refractivity contribution < 1.29 is 9.47 Å². The van der Waals surface area contributed by atoms with Crippen LogP contribution in [0.1, 0.15) is 71.9 Å². The van der Waals surface area contributed by atoms with Crippen LogP contribution in [0.25, 0.3) is 64.6 Å². The number of hydrogen-bond acceptors (Lipinski definition) is 6. The molecule has 10 nitrogen and oxygen atoms in total. The van der Waals surface area contributed by atoms with Gasteiger partial charge >= 0.3 is 0 Å². The molecule has 0 spiro atoms. The van der Waals surface area contributed by atoms with E-state index in [2.05, 4.69) is 195 Å². The Kier molecular flexibility index (Phi) is 13.5. The highest BCUT2D eigenvalue weighted by molar-refractivity contribution is 8.15. The first kappa shape index (κ1) is 53.6. The van der Waals surface area contributed by atoms with Crippen LogP contribution < -0.4 is 0 Å². The minimum Gasteiger partial charge on any atom is -0.377 e. The third-order valence-corrected chi connectivity index (χ3v) is 25.7. The van der Waals surface area contributed by atoms with Crippen molar-refractivity contribution in [2.24, 2.45) is 11.8 Å². The molecular formula is C70H64N8O2S6. The molecule has 86 heavy (non-hydrogen) atoms. The van der Waals surface area contributed by atoms with Gasteiger partial charge in [-0.1, -0.05) is 171 Å². The van der Waals surface area contributed by atoms with Gasteiger partial charge in [-0.3, -0.25) is 36.8 Å². The summed E-state index contributed by atoms with van der Waals surface area (Å²) in [6.07, 6.45) is 6.38. The van der Waals surface area contributed by atoms with Crippen molar-refractivity contribution in [3.63, 3.8) is 0 Å². The number of benzene rings is 10. The van der Waals surface area contributed by atoms with Gasteiger partial charge in [0, 0.05) is 39.4 Å². The van der Waals surface area contributed by atoms with Crippen molar-refractivity contribution in [3.05, 3.63) is 191 Å². The van der Waals surface area contributed by atoms with Gasteiger partial charge in [-0.15, -0.1) is 0 Å². The number of thiocarbonyl (C=S) groups is 4. The number of nitrogens with zero attached hydrogens (tertiary/aromatic N) is 8. The second-order valence-electron chi connectivity index (χ2n) is 24.4. The molecule has 2 saturated heterocycles. The fourth-order valence-corrected chi connectivity index (χ4v) is 21.7. The maximum Gasteiger partial charge on any atom is 0.189 e. The lowest BCUT2D eigenvalue weighted by Crippen LogP contribution is -2.56. The largest absolute Gasteiger partial charge is 0.377 e. The smallest absolute Gasteiger partial charge is 0.189 e. The molecule has 0 atom stereocenters. The third-order valence-electron chi connectivity index (χ3n) is 19.1. The number of unbranched alkanes of at least 4 members (excludes halogenated alkanes) is 2. The third kappa shape index (κ3) is 8.74. The molecule has 7 heterocycles.